The van der Waals surface area contributed by atoms with Crippen molar-refractivity contribution in [3.8, 4) is 11.3 Å². The summed E-state index contributed by atoms with van der Waals surface area (Å²) in [5.41, 5.74) is 1.49. The van der Waals surface area contributed by atoms with Crippen LogP contribution in [-0.4, -0.2) is 53.9 Å². The van der Waals surface area contributed by atoms with Crippen LogP contribution in [0.25, 0.3) is 33.0 Å². The van der Waals surface area contributed by atoms with E-state index in [1.807, 2.05) is 0 Å². The van der Waals surface area contributed by atoms with Crippen molar-refractivity contribution in [1.82, 2.24) is 23.9 Å². The van der Waals surface area contributed by atoms with Crippen LogP contribution in [0.3, 0.4) is 0 Å². The van der Waals surface area contributed by atoms with Crippen LogP contribution in [0.1, 0.15) is 6.23 Å². The maximum atomic E-state index is 13.2. The molecule has 2 fully saturated rings. The van der Waals surface area contributed by atoms with E-state index in [1.54, 1.807) is 30.5 Å². The lowest BCUT2D eigenvalue weighted by atomic mass is 10.1. The van der Waals surface area contributed by atoms with Crippen molar-refractivity contribution in [1.29, 1.82) is 0 Å². The van der Waals surface area contributed by atoms with Crippen LogP contribution < -0.4 is 10.5 Å². The van der Waals surface area contributed by atoms with E-state index in [-0.39, 0.29) is 28.3 Å². The van der Waals surface area contributed by atoms with Gasteiger partial charge in [0.25, 0.3) is 13.4 Å². The third kappa shape index (κ3) is 3.25. The van der Waals surface area contributed by atoms with E-state index < -0.39 is 37.9 Å². The number of nitrogens with one attached hydrogen (secondary N) is 1. The number of hydrogen-bond donors (Lipinski definition) is 2. The Kier molecular flexibility index (Phi) is 4.81. The van der Waals surface area contributed by atoms with Crippen molar-refractivity contribution in [3.63, 3.8) is 0 Å². The molecule has 1 aromatic carbocycles. The summed E-state index contributed by atoms with van der Waals surface area (Å²) in [5.74, 6) is 0.212. The zero-order valence-electron chi connectivity index (χ0n) is 16.9. The summed E-state index contributed by atoms with van der Waals surface area (Å²) in [6.45, 7) is 6.76. The molecule has 0 saturated carbocycles. The summed E-state index contributed by atoms with van der Waals surface area (Å²) in [5, 5.41) is 10.8. The number of halogens is 1. The normalized spacial score (nSPS) is 28.9. The van der Waals surface area contributed by atoms with Gasteiger partial charge in [-0.25, -0.2) is 14.2 Å². The molecule has 174 valence electrons. The molecule has 0 bridgehead atoms. The van der Waals surface area contributed by atoms with Gasteiger partial charge in [-0.1, -0.05) is 24.3 Å². The number of H-pyrrole nitrogens is 1. The van der Waals surface area contributed by atoms with Gasteiger partial charge >= 0.3 is 0 Å². The maximum Gasteiger partial charge on any atom is 0.287 e. The molecule has 2 aliphatic heterocycles. The van der Waals surface area contributed by atoms with Gasteiger partial charge in [-0.2, -0.15) is 4.98 Å². The molecule has 2 saturated heterocycles. The number of hydrogen-bond acceptors (Lipinski definition) is 9. The highest BCUT2D eigenvalue weighted by atomic mass is 79.9. The number of aromatic amines is 1. The van der Waals surface area contributed by atoms with Crippen molar-refractivity contribution >= 4 is 46.4 Å². The van der Waals surface area contributed by atoms with Crippen LogP contribution in [0.15, 0.2) is 40.0 Å². The van der Waals surface area contributed by atoms with Crippen LogP contribution in [0, 0.1) is 6.57 Å². The minimum absolute atomic E-state index is 0.00983. The van der Waals surface area contributed by atoms with Gasteiger partial charge in [-0.15, -0.1) is 0 Å². The van der Waals surface area contributed by atoms with Gasteiger partial charge in [0.15, 0.2) is 27.8 Å². The SMILES string of the molecule is [C-]#[N+]c1ccc(-c2cn3c(=O)c4nc(Br)n([C@@H]5OC6COP(=O)([O-])O[C@H]6C5O)c4nc3[nH]2)cc1. The van der Waals surface area contributed by atoms with Gasteiger partial charge in [0.2, 0.25) is 5.78 Å². The molecule has 6 rings (SSSR count). The Morgan fingerprint density at radius 2 is 2.09 bits per heavy atom. The highest BCUT2D eigenvalue weighted by molar-refractivity contribution is 9.10. The monoisotopic (exact) mass is 547 g/mol. The first-order chi connectivity index (χ1) is 16.3. The molecule has 5 heterocycles. The summed E-state index contributed by atoms with van der Waals surface area (Å²) < 4.78 is 29.9. The fraction of sp³-hybridized carbons (Fsp3) is 0.263. The Morgan fingerprint density at radius 1 is 1.32 bits per heavy atom. The highest BCUT2D eigenvalue weighted by Gasteiger charge is 2.51. The quantitative estimate of drug-likeness (QED) is 0.215. The molecule has 15 heteroatoms. The molecular formula is C19H13BrN6O7P-. The van der Waals surface area contributed by atoms with Gasteiger partial charge in [-0.3, -0.25) is 13.9 Å². The van der Waals surface area contributed by atoms with E-state index in [4.69, 9.17) is 15.8 Å². The molecule has 0 aliphatic carbocycles. The standard InChI is InChI=1S/C19H14BrN6O7P/c1-21-9-4-2-8(3-5-9)10-6-25-16(28)12-15(24-19(25)22-10)26(18(20)23-12)17-13(27)14-11(32-17)7-31-34(29,30)33-14/h2-6,11,13-14,17,27H,7H2,(H,22,24)(H,29,30)/p-1/t11?,13?,14-,17-/m1/s1. The predicted octanol–water partition coefficient (Wildman–Crippen LogP) is 1.49. The summed E-state index contributed by atoms with van der Waals surface area (Å²) in [6, 6.07) is 6.83. The van der Waals surface area contributed by atoms with Crippen LogP contribution in [0.2, 0.25) is 0 Å². The van der Waals surface area contributed by atoms with Gasteiger partial charge in [0.05, 0.1) is 18.9 Å². The van der Waals surface area contributed by atoms with E-state index in [0.29, 0.717) is 11.4 Å². The van der Waals surface area contributed by atoms with E-state index >= 15 is 0 Å². The lowest BCUT2D eigenvalue weighted by Gasteiger charge is -2.34. The van der Waals surface area contributed by atoms with Gasteiger partial charge in [-0.05, 0) is 21.5 Å². The van der Waals surface area contributed by atoms with E-state index in [2.05, 4.69) is 40.3 Å². The summed E-state index contributed by atoms with van der Waals surface area (Å²) in [7, 11) is -4.55. The zero-order valence-corrected chi connectivity index (χ0v) is 19.3. The molecular weight excluding hydrogens is 535 g/mol. The lowest BCUT2D eigenvalue weighted by Crippen LogP contribution is -2.41. The van der Waals surface area contributed by atoms with Crippen molar-refractivity contribution < 1.29 is 28.3 Å². The number of nitrogens with zero attached hydrogens (tertiary/aromatic N) is 5. The maximum absolute atomic E-state index is 13.2. The second-order valence-electron chi connectivity index (χ2n) is 7.73. The van der Waals surface area contributed by atoms with E-state index in [9.17, 15) is 19.4 Å². The van der Waals surface area contributed by atoms with Crippen molar-refractivity contribution in [2.45, 2.75) is 24.5 Å². The molecule has 0 radical (unpaired) electrons. The first-order valence-electron chi connectivity index (χ1n) is 9.90. The van der Waals surface area contributed by atoms with Gasteiger partial charge in [0.1, 0.15) is 18.3 Å². The molecule has 13 nitrogen and oxygen atoms in total. The number of fused-ring (bicyclic) bond motifs is 3. The molecule has 2 aliphatic rings. The second kappa shape index (κ2) is 7.56. The molecule has 3 aromatic heterocycles. The number of aromatic nitrogens is 5. The van der Waals surface area contributed by atoms with Crippen LogP contribution >= 0.6 is 23.8 Å². The number of benzene rings is 1. The third-order valence-corrected chi connectivity index (χ3v) is 7.25. The Bertz CT molecular complexity index is 1610. The minimum Gasteiger partial charge on any atom is -0.756 e. The number of rotatable bonds is 2. The average Bonchev–Trinajstić information content (AvgIpc) is 3.48. The summed E-state index contributed by atoms with van der Waals surface area (Å²) >= 11 is 3.28. The van der Waals surface area contributed by atoms with Gasteiger partial charge in [0, 0.05) is 6.20 Å². The number of phosphoric ester groups is 1. The fourth-order valence-electron chi connectivity index (χ4n) is 4.13. The Hall–Kier alpha value is -2.89. The molecule has 5 atom stereocenters. The van der Waals surface area contributed by atoms with Crippen LogP contribution in [0.5, 0.6) is 0 Å². The molecule has 4 aromatic rings. The Labute approximate surface area is 198 Å². The first-order valence-corrected chi connectivity index (χ1v) is 12.2. The van der Waals surface area contributed by atoms with E-state index in [1.165, 1.54) is 8.97 Å². The summed E-state index contributed by atoms with van der Waals surface area (Å²) in [4.78, 5) is 40.0. The smallest absolute Gasteiger partial charge is 0.287 e. The molecule has 3 unspecified atom stereocenters. The first kappa shape index (κ1) is 21.6. The van der Waals surface area contributed by atoms with E-state index in [0.717, 1.165) is 5.56 Å². The average molecular weight is 548 g/mol. The number of imidazole rings is 2. The molecule has 0 amide bonds. The largest absolute Gasteiger partial charge is 0.756 e. The molecule has 2 N–H and O–H groups in total. The molecule has 34 heavy (non-hydrogen) atoms. The Balaban J connectivity index is 1.45. The fourth-order valence-corrected chi connectivity index (χ4v) is 5.63. The van der Waals surface area contributed by atoms with Crippen molar-refractivity contribution in [2.24, 2.45) is 0 Å². The third-order valence-electron chi connectivity index (χ3n) is 5.73. The number of ether oxygens (including phenoxy) is 1. The number of aliphatic hydroxyl groups is 1. The molecule has 0 spiro atoms. The van der Waals surface area contributed by atoms with Crippen molar-refractivity contribution in [2.75, 3.05) is 6.61 Å². The van der Waals surface area contributed by atoms with Gasteiger partial charge < -0.3 is 28.8 Å². The number of aliphatic hydroxyl groups excluding tert-OH is 1. The number of phosphoric acid groups is 1. The highest BCUT2D eigenvalue weighted by Crippen LogP contribution is 2.50. The van der Waals surface area contributed by atoms with Crippen LogP contribution in [0.4, 0.5) is 5.69 Å². The topological polar surface area (TPSA) is 160 Å². The zero-order chi connectivity index (χ0) is 23.8. The lowest BCUT2D eigenvalue weighted by molar-refractivity contribution is -0.245. The summed E-state index contributed by atoms with van der Waals surface area (Å²) in [6.07, 6.45) is -2.98. The minimum atomic E-state index is -4.55. The van der Waals surface area contributed by atoms with Crippen LogP contribution in [-0.2, 0) is 18.3 Å². The second-order valence-corrected chi connectivity index (χ2v) is 9.80. The Morgan fingerprint density at radius 3 is 2.82 bits per heavy atom. The van der Waals surface area contributed by atoms with Crippen molar-refractivity contribution in [3.05, 3.63) is 57.0 Å². The predicted molar refractivity (Wildman–Crippen MR) is 117 cm³/mol.